The van der Waals surface area contributed by atoms with Gasteiger partial charge in [0.15, 0.2) is 0 Å². The molecule has 34 heavy (non-hydrogen) atoms. The number of pyridine rings is 1. The average molecular weight is 457 g/mol. The summed E-state index contributed by atoms with van der Waals surface area (Å²) in [5.41, 5.74) is 16.8. The number of benzene rings is 2. The second-order valence-electron chi connectivity index (χ2n) is 7.82. The van der Waals surface area contributed by atoms with Crippen LogP contribution < -0.4 is 11.5 Å². The number of aromatic carboxylic acids is 1. The molecule has 0 atom stereocenters. The minimum absolute atomic E-state index is 0.349. The van der Waals surface area contributed by atoms with Crippen LogP contribution in [0.5, 0.6) is 0 Å². The number of amides is 1. The lowest BCUT2D eigenvalue weighted by Crippen LogP contribution is -2.10. The number of rotatable bonds is 6. The molecule has 2 aromatic heterocycles. The first-order valence-corrected chi connectivity index (χ1v) is 10.8. The first-order chi connectivity index (χ1) is 16.3. The zero-order valence-corrected chi connectivity index (χ0v) is 19.2. The molecular formula is C27H28N4O3. The van der Waals surface area contributed by atoms with E-state index in [0.717, 1.165) is 33.9 Å². The molecule has 0 fully saturated rings. The van der Waals surface area contributed by atoms with Crippen LogP contribution in [0.1, 0.15) is 43.4 Å². The second kappa shape index (κ2) is 11.1. The number of carbonyl (C=O) groups excluding carboxylic acids is 1. The van der Waals surface area contributed by atoms with Crippen LogP contribution in [0, 0.1) is 13.8 Å². The van der Waals surface area contributed by atoms with Crippen molar-refractivity contribution < 1.29 is 14.7 Å². The zero-order chi connectivity index (χ0) is 24.7. The van der Waals surface area contributed by atoms with E-state index in [2.05, 4.69) is 0 Å². The maximum absolute atomic E-state index is 11.2. The van der Waals surface area contributed by atoms with Gasteiger partial charge in [0.05, 0.1) is 23.5 Å². The predicted octanol–water partition coefficient (Wildman–Crippen LogP) is 4.16. The molecule has 0 radical (unpaired) electrons. The third-order valence-electron chi connectivity index (χ3n) is 5.47. The van der Waals surface area contributed by atoms with Gasteiger partial charge in [0.25, 0.3) is 0 Å². The summed E-state index contributed by atoms with van der Waals surface area (Å²) in [6.07, 6.45) is 0. The molecule has 0 saturated heterocycles. The summed E-state index contributed by atoms with van der Waals surface area (Å²) in [5, 5.41) is 9.23. The van der Waals surface area contributed by atoms with Gasteiger partial charge in [-0.1, -0.05) is 48.5 Å². The van der Waals surface area contributed by atoms with E-state index in [1.165, 1.54) is 0 Å². The van der Waals surface area contributed by atoms with Crippen LogP contribution in [0.15, 0.2) is 78.9 Å². The molecule has 7 heteroatoms. The van der Waals surface area contributed by atoms with Crippen molar-refractivity contribution in [3.63, 3.8) is 0 Å². The Bertz CT molecular complexity index is 1280. The molecule has 0 aliphatic heterocycles. The summed E-state index contributed by atoms with van der Waals surface area (Å²) in [7, 11) is 0. The molecule has 5 N–H and O–H groups in total. The molecular weight excluding hydrogens is 428 g/mol. The van der Waals surface area contributed by atoms with Crippen LogP contribution in [0.2, 0.25) is 0 Å². The van der Waals surface area contributed by atoms with E-state index in [4.69, 9.17) is 16.5 Å². The molecule has 0 saturated carbocycles. The van der Waals surface area contributed by atoms with Crippen molar-refractivity contribution in [1.29, 1.82) is 0 Å². The highest BCUT2D eigenvalue weighted by atomic mass is 16.4. The van der Waals surface area contributed by atoms with Gasteiger partial charge >= 0.3 is 5.97 Å². The summed E-state index contributed by atoms with van der Waals surface area (Å²) in [4.78, 5) is 26.5. The minimum Gasteiger partial charge on any atom is -0.478 e. The molecule has 7 nitrogen and oxygen atoms in total. The quantitative estimate of drug-likeness (QED) is 0.402. The van der Waals surface area contributed by atoms with E-state index >= 15 is 0 Å². The fourth-order valence-corrected chi connectivity index (χ4v) is 3.57. The van der Waals surface area contributed by atoms with E-state index in [9.17, 15) is 14.7 Å². The van der Waals surface area contributed by atoms with Gasteiger partial charge < -0.3 is 21.1 Å². The van der Waals surface area contributed by atoms with Crippen LogP contribution in [0.3, 0.4) is 0 Å². The Morgan fingerprint density at radius 1 is 0.941 bits per heavy atom. The van der Waals surface area contributed by atoms with E-state index in [1.54, 1.807) is 30.3 Å². The highest BCUT2D eigenvalue weighted by Gasteiger charge is 2.15. The fraction of sp³-hybridized carbons (Fsp3) is 0.148. The van der Waals surface area contributed by atoms with Crippen molar-refractivity contribution in [2.45, 2.75) is 26.9 Å². The van der Waals surface area contributed by atoms with Crippen molar-refractivity contribution in [2.24, 2.45) is 11.5 Å². The molecule has 0 bridgehead atoms. The number of aromatic nitrogens is 2. The number of aryl methyl sites for hydroxylation is 1. The topological polar surface area (TPSA) is 124 Å². The highest BCUT2D eigenvalue weighted by Crippen LogP contribution is 2.19. The summed E-state index contributed by atoms with van der Waals surface area (Å²) in [6, 6.07) is 24.6. The van der Waals surface area contributed by atoms with Gasteiger partial charge in [-0.15, -0.1) is 0 Å². The van der Waals surface area contributed by atoms with Crippen LogP contribution in [-0.2, 0) is 13.1 Å². The van der Waals surface area contributed by atoms with Gasteiger partial charge in [0.1, 0.15) is 0 Å². The number of carbonyl (C=O) groups is 2. The Labute approximate surface area is 198 Å². The SMILES string of the molecule is Cc1cc(C(=O)O)c(C)n1Cc1cccc(-c2ccccc2)n1.NCc1ccc(C(N)=O)cc1. The molecule has 0 spiro atoms. The monoisotopic (exact) mass is 456 g/mol. The van der Waals surface area contributed by atoms with E-state index in [-0.39, 0.29) is 0 Å². The van der Waals surface area contributed by atoms with Crippen molar-refractivity contribution >= 4 is 11.9 Å². The Kier molecular flexibility index (Phi) is 7.95. The molecule has 2 heterocycles. The number of carboxylic acid groups (broad SMARTS) is 1. The van der Waals surface area contributed by atoms with Gasteiger partial charge in [-0.2, -0.15) is 0 Å². The Morgan fingerprint density at radius 3 is 2.18 bits per heavy atom. The molecule has 4 aromatic rings. The van der Waals surface area contributed by atoms with E-state index < -0.39 is 11.9 Å². The van der Waals surface area contributed by atoms with Crippen LogP contribution in [-0.4, -0.2) is 26.5 Å². The Balaban J connectivity index is 0.000000248. The Hall–Kier alpha value is -4.23. The first-order valence-electron chi connectivity index (χ1n) is 10.8. The van der Waals surface area contributed by atoms with Gasteiger partial charge in [0, 0.05) is 29.1 Å². The standard InChI is InChI=1S/C19H18N2O2.C8H10N2O/c1-13-11-17(19(22)23)14(2)21(13)12-16-9-6-10-18(20-16)15-7-4-3-5-8-15;9-5-6-1-3-7(4-2-6)8(10)11/h3-11H,12H2,1-2H3,(H,22,23);1-4H,5,9H2,(H2,10,11). The van der Waals surface area contributed by atoms with Crippen molar-refractivity contribution in [3.8, 4) is 11.3 Å². The summed E-state index contributed by atoms with van der Waals surface area (Å²) in [6.45, 7) is 4.79. The normalized spacial score (nSPS) is 10.3. The third kappa shape index (κ3) is 5.96. The fourth-order valence-electron chi connectivity index (χ4n) is 3.57. The first kappa shape index (κ1) is 24.4. The number of hydrogen-bond donors (Lipinski definition) is 3. The van der Waals surface area contributed by atoms with Crippen molar-refractivity contribution in [3.05, 3.63) is 113 Å². The van der Waals surface area contributed by atoms with Gasteiger partial charge in [-0.3, -0.25) is 9.78 Å². The summed E-state index contributed by atoms with van der Waals surface area (Å²) < 4.78 is 1.99. The minimum atomic E-state index is -0.893. The maximum Gasteiger partial charge on any atom is 0.337 e. The number of nitrogens with zero attached hydrogens (tertiary/aromatic N) is 2. The lowest BCUT2D eigenvalue weighted by molar-refractivity contribution is 0.0695. The molecule has 174 valence electrons. The van der Waals surface area contributed by atoms with E-state index in [0.29, 0.717) is 24.2 Å². The van der Waals surface area contributed by atoms with Gasteiger partial charge in [0.2, 0.25) is 5.91 Å². The molecule has 4 rings (SSSR count). The van der Waals surface area contributed by atoms with Gasteiger partial charge in [-0.05, 0) is 49.7 Å². The number of carboxylic acids is 1. The lowest BCUT2D eigenvalue weighted by atomic mass is 10.1. The van der Waals surface area contributed by atoms with Gasteiger partial charge in [-0.25, -0.2) is 4.79 Å². The highest BCUT2D eigenvalue weighted by molar-refractivity contribution is 5.92. The molecule has 0 unspecified atom stereocenters. The number of primary amides is 1. The van der Waals surface area contributed by atoms with E-state index in [1.807, 2.05) is 66.9 Å². The molecule has 2 aromatic carbocycles. The van der Waals surface area contributed by atoms with Crippen molar-refractivity contribution in [1.82, 2.24) is 9.55 Å². The number of hydrogen-bond acceptors (Lipinski definition) is 4. The second-order valence-corrected chi connectivity index (χ2v) is 7.82. The Morgan fingerprint density at radius 2 is 1.62 bits per heavy atom. The van der Waals surface area contributed by atoms with Crippen LogP contribution in [0.25, 0.3) is 11.3 Å². The molecule has 0 aliphatic carbocycles. The molecule has 0 aliphatic rings. The summed E-state index contributed by atoms with van der Waals surface area (Å²) >= 11 is 0. The zero-order valence-electron chi connectivity index (χ0n) is 19.2. The third-order valence-corrected chi connectivity index (χ3v) is 5.47. The smallest absolute Gasteiger partial charge is 0.337 e. The largest absolute Gasteiger partial charge is 0.478 e. The summed E-state index contributed by atoms with van der Waals surface area (Å²) in [5.74, 6) is -1.30. The van der Waals surface area contributed by atoms with Crippen molar-refractivity contribution in [2.75, 3.05) is 0 Å². The predicted molar refractivity (Wildman–Crippen MR) is 132 cm³/mol. The average Bonchev–Trinajstić information content (AvgIpc) is 3.14. The number of nitrogens with two attached hydrogens (primary N) is 2. The molecule has 1 amide bonds. The maximum atomic E-state index is 11.2. The van der Waals surface area contributed by atoms with Crippen LogP contribution in [0.4, 0.5) is 0 Å². The van der Waals surface area contributed by atoms with Crippen LogP contribution >= 0.6 is 0 Å². The lowest BCUT2D eigenvalue weighted by Gasteiger charge is -2.10.